The minimum atomic E-state index is -3.76. The Morgan fingerprint density at radius 1 is 1.47 bits per heavy atom. The van der Waals surface area contributed by atoms with Crippen molar-refractivity contribution in [1.29, 1.82) is 0 Å². The lowest BCUT2D eigenvalue weighted by atomic mass is 10.1. The van der Waals surface area contributed by atoms with Gasteiger partial charge < -0.3 is 11.1 Å². The van der Waals surface area contributed by atoms with Gasteiger partial charge in [-0.05, 0) is 40.5 Å². The molecule has 1 rings (SSSR count). The molecule has 0 saturated carbocycles. The molecule has 0 aliphatic carbocycles. The zero-order valence-electron chi connectivity index (χ0n) is 10.4. The second-order valence-electron chi connectivity index (χ2n) is 4.11. The molecule has 1 aromatic rings. The fourth-order valence-electron chi connectivity index (χ4n) is 1.36. The molecule has 0 heterocycles. The van der Waals surface area contributed by atoms with E-state index in [0.29, 0.717) is 16.6 Å². The number of nitrogens with one attached hydrogen (secondary N) is 1. The largest absolute Gasteiger partial charge is 0.327 e. The second kappa shape index (κ2) is 6.47. The van der Waals surface area contributed by atoms with Gasteiger partial charge in [0.05, 0.1) is 10.6 Å². The summed E-state index contributed by atoms with van der Waals surface area (Å²) in [6.45, 7) is 1.90. The number of halogens is 1. The van der Waals surface area contributed by atoms with Gasteiger partial charge in [-0.3, -0.25) is 4.79 Å². The third kappa shape index (κ3) is 4.90. The number of rotatable bonds is 5. The van der Waals surface area contributed by atoms with Gasteiger partial charge in [0.2, 0.25) is 15.9 Å². The molecule has 0 aromatic heterocycles. The van der Waals surface area contributed by atoms with Crippen molar-refractivity contribution in [3.05, 3.63) is 22.7 Å². The number of carbonyl (C=O) groups excluding carboxylic acids is 1. The molecule has 0 bridgehead atoms. The SMILES string of the molecule is CCC(N)CC(=O)Nc1ccc(S(N)(=O)=O)cc1Br. The number of carbonyl (C=O) groups is 1. The first-order chi connectivity index (χ1) is 8.74. The van der Waals surface area contributed by atoms with Crippen LogP contribution in [-0.4, -0.2) is 20.4 Å². The third-order valence-electron chi connectivity index (χ3n) is 2.52. The Morgan fingerprint density at radius 2 is 2.11 bits per heavy atom. The number of amides is 1. The van der Waals surface area contributed by atoms with Gasteiger partial charge in [-0.2, -0.15) is 0 Å². The highest BCUT2D eigenvalue weighted by Gasteiger charge is 2.13. The normalized spacial score (nSPS) is 13.1. The van der Waals surface area contributed by atoms with Crippen molar-refractivity contribution in [3.63, 3.8) is 0 Å². The predicted octanol–water partition coefficient (Wildman–Crippen LogP) is 1.16. The van der Waals surface area contributed by atoms with Crippen molar-refractivity contribution >= 4 is 37.5 Å². The number of sulfonamides is 1. The number of benzene rings is 1. The summed E-state index contributed by atoms with van der Waals surface area (Å²) in [5.41, 5.74) is 6.15. The van der Waals surface area contributed by atoms with Crippen LogP contribution in [0.25, 0.3) is 0 Å². The van der Waals surface area contributed by atoms with Crippen LogP contribution >= 0.6 is 15.9 Å². The first kappa shape index (κ1) is 16.1. The van der Waals surface area contributed by atoms with Gasteiger partial charge in [0, 0.05) is 16.9 Å². The van der Waals surface area contributed by atoms with Crippen LogP contribution in [0.3, 0.4) is 0 Å². The van der Waals surface area contributed by atoms with Crippen molar-refractivity contribution in [2.24, 2.45) is 10.9 Å². The summed E-state index contributed by atoms with van der Waals surface area (Å²) < 4.78 is 22.8. The van der Waals surface area contributed by atoms with Crippen molar-refractivity contribution in [2.75, 3.05) is 5.32 Å². The molecule has 0 fully saturated rings. The van der Waals surface area contributed by atoms with Crippen molar-refractivity contribution in [3.8, 4) is 0 Å². The van der Waals surface area contributed by atoms with E-state index in [9.17, 15) is 13.2 Å². The molecule has 0 aliphatic rings. The maximum atomic E-state index is 11.7. The molecule has 1 unspecified atom stereocenters. The highest BCUT2D eigenvalue weighted by Crippen LogP contribution is 2.25. The third-order valence-corrected chi connectivity index (χ3v) is 4.08. The van der Waals surface area contributed by atoms with Crippen LogP contribution in [0.4, 0.5) is 5.69 Å². The lowest BCUT2D eigenvalue weighted by molar-refractivity contribution is -0.116. The molecule has 106 valence electrons. The highest BCUT2D eigenvalue weighted by atomic mass is 79.9. The zero-order valence-corrected chi connectivity index (χ0v) is 12.8. The van der Waals surface area contributed by atoms with Gasteiger partial charge in [0.15, 0.2) is 0 Å². The van der Waals surface area contributed by atoms with Crippen LogP contribution in [0.2, 0.25) is 0 Å². The summed E-state index contributed by atoms with van der Waals surface area (Å²) >= 11 is 3.19. The quantitative estimate of drug-likeness (QED) is 0.739. The Kier molecular flexibility index (Phi) is 5.48. The summed E-state index contributed by atoms with van der Waals surface area (Å²) in [4.78, 5) is 11.6. The topological polar surface area (TPSA) is 115 Å². The van der Waals surface area contributed by atoms with E-state index in [1.165, 1.54) is 18.2 Å². The molecular formula is C11H16BrN3O3S. The monoisotopic (exact) mass is 349 g/mol. The molecule has 6 nitrogen and oxygen atoms in total. The first-order valence-electron chi connectivity index (χ1n) is 5.61. The Bertz CT molecular complexity index is 575. The molecular weight excluding hydrogens is 334 g/mol. The summed E-state index contributed by atoms with van der Waals surface area (Å²) in [6.07, 6.45) is 0.915. The van der Waals surface area contributed by atoms with Crippen LogP contribution in [0, 0.1) is 0 Å². The van der Waals surface area contributed by atoms with Gasteiger partial charge in [0.1, 0.15) is 0 Å². The molecule has 0 radical (unpaired) electrons. The van der Waals surface area contributed by atoms with Crippen LogP contribution < -0.4 is 16.2 Å². The maximum Gasteiger partial charge on any atom is 0.238 e. The number of primary sulfonamides is 1. The van der Waals surface area contributed by atoms with E-state index in [4.69, 9.17) is 10.9 Å². The maximum absolute atomic E-state index is 11.7. The molecule has 1 amide bonds. The number of nitrogens with two attached hydrogens (primary N) is 2. The van der Waals surface area contributed by atoms with E-state index in [1.807, 2.05) is 6.92 Å². The molecule has 8 heteroatoms. The van der Waals surface area contributed by atoms with E-state index in [2.05, 4.69) is 21.2 Å². The van der Waals surface area contributed by atoms with E-state index in [-0.39, 0.29) is 23.3 Å². The predicted molar refractivity (Wildman–Crippen MR) is 77.0 cm³/mol. The van der Waals surface area contributed by atoms with Gasteiger partial charge in [0.25, 0.3) is 0 Å². The molecule has 1 atom stereocenters. The Hall–Kier alpha value is -0.960. The lowest BCUT2D eigenvalue weighted by Gasteiger charge is -2.11. The number of hydrogen-bond acceptors (Lipinski definition) is 4. The number of hydrogen-bond donors (Lipinski definition) is 3. The number of anilines is 1. The molecule has 19 heavy (non-hydrogen) atoms. The average Bonchev–Trinajstić information content (AvgIpc) is 2.30. The molecule has 0 saturated heterocycles. The van der Waals surface area contributed by atoms with Crippen LogP contribution in [-0.2, 0) is 14.8 Å². The van der Waals surface area contributed by atoms with Crippen LogP contribution in [0.15, 0.2) is 27.6 Å². The summed E-state index contributed by atoms with van der Waals surface area (Å²) in [5.74, 6) is -0.224. The van der Waals surface area contributed by atoms with Crippen molar-refractivity contribution in [2.45, 2.75) is 30.7 Å². The minimum absolute atomic E-state index is 0.0253. The molecule has 1 aromatic carbocycles. The lowest BCUT2D eigenvalue weighted by Crippen LogP contribution is -2.26. The van der Waals surface area contributed by atoms with Gasteiger partial charge >= 0.3 is 0 Å². The highest BCUT2D eigenvalue weighted by molar-refractivity contribution is 9.10. The Morgan fingerprint density at radius 3 is 2.58 bits per heavy atom. The van der Waals surface area contributed by atoms with Crippen molar-refractivity contribution < 1.29 is 13.2 Å². The van der Waals surface area contributed by atoms with Crippen LogP contribution in [0.5, 0.6) is 0 Å². The summed E-state index contributed by atoms with van der Waals surface area (Å²) in [6, 6.07) is 3.95. The fraction of sp³-hybridized carbons (Fsp3) is 0.364. The Labute approximate surface area is 120 Å². The van der Waals surface area contributed by atoms with Gasteiger partial charge in [-0.1, -0.05) is 6.92 Å². The Balaban J connectivity index is 2.84. The molecule has 0 spiro atoms. The van der Waals surface area contributed by atoms with E-state index < -0.39 is 10.0 Å². The van der Waals surface area contributed by atoms with E-state index >= 15 is 0 Å². The second-order valence-corrected chi connectivity index (χ2v) is 6.52. The zero-order chi connectivity index (χ0) is 14.6. The molecule has 5 N–H and O–H groups in total. The van der Waals surface area contributed by atoms with E-state index in [1.54, 1.807) is 0 Å². The fourth-order valence-corrected chi connectivity index (χ4v) is 2.53. The average molecular weight is 350 g/mol. The van der Waals surface area contributed by atoms with Crippen LogP contribution in [0.1, 0.15) is 19.8 Å². The first-order valence-corrected chi connectivity index (χ1v) is 7.95. The standard InChI is InChI=1S/C11H16BrN3O3S/c1-2-7(13)5-11(16)15-10-4-3-8(6-9(10)12)19(14,17)18/h3-4,6-7H,2,5,13H2,1H3,(H,15,16)(H2,14,17,18). The van der Waals surface area contributed by atoms with Crippen molar-refractivity contribution in [1.82, 2.24) is 0 Å². The van der Waals surface area contributed by atoms with E-state index in [0.717, 1.165) is 0 Å². The molecule has 0 aliphatic heterocycles. The summed E-state index contributed by atoms with van der Waals surface area (Å²) in [5, 5.41) is 7.66. The minimum Gasteiger partial charge on any atom is -0.327 e. The van der Waals surface area contributed by atoms with Gasteiger partial charge in [-0.15, -0.1) is 0 Å². The van der Waals surface area contributed by atoms with Gasteiger partial charge in [-0.25, -0.2) is 13.6 Å². The smallest absolute Gasteiger partial charge is 0.238 e. The summed E-state index contributed by atoms with van der Waals surface area (Å²) in [7, 11) is -3.76.